The lowest BCUT2D eigenvalue weighted by molar-refractivity contribution is -0.114. The number of ether oxygens (including phenoxy) is 1. The molecule has 0 radical (unpaired) electrons. The zero-order chi connectivity index (χ0) is 17.3. The van der Waals surface area contributed by atoms with Gasteiger partial charge in [-0.05, 0) is 61.4 Å². The van der Waals surface area contributed by atoms with Crippen LogP contribution in [0.15, 0.2) is 42.5 Å². The number of aryl methyl sites for hydroxylation is 2. The lowest BCUT2D eigenvalue weighted by Gasteiger charge is -2.05. The first kappa shape index (κ1) is 15.8. The standard InChI is InChI=1S/C19H18N2O3/c1-11-8-12(2)16-10-18(21-17(16)9-11)19(23)24-15-6-4-14(5-7-15)20-13(3)22/h4-10,21H,1-3H3,(H,20,22). The van der Waals surface area contributed by atoms with Crippen molar-refractivity contribution in [3.63, 3.8) is 0 Å². The number of aromatic nitrogens is 1. The second-order valence-corrected chi connectivity index (χ2v) is 5.82. The van der Waals surface area contributed by atoms with Gasteiger partial charge in [-0.3, -0.25) is 4.79 Å². The van der Waals surface area contributed by atoms with E-state index in [2.05, 4.69) is 16.4 Å². The van der Waals surface area contributed by atoms with Crippen molar-refractivity contribution in [3.05, 3.63) is 59.3 Å². The minimum absolute atomic E-state index is 0.150. The second kappa shape index (κ2) is 6.20. The highest BCUT2D eigenvalue weighted by molar-refractivity contribution is 5.97. The van der Waals surface area contributed by atoms with Crippen molar-refractivity contribution < 1.29 is 14.3 Å². The Kier molecular flexibility index (Phi) is 4.08. The number of rotatable bonds is 3. The van der Waals surface area contributed by atoms with E-state index >= 15 is 0 Å². The summed E-state index contributed by atoms with van der Waals surface area (Å²) in [6.45, 7) is 5.47. The maximum atomic E-state index is 12.3. The van der Waals surface area contributed by atoms with Gasteiger partial charge in [0.1, 0.15) is 11.4 Å². The number of esters is 1. The molecule has 24 heavy (non-hydrogen) atoms. The average Bonchev–Trinajstić information content (AvgIpc) is 2.93. The molecule has 122 valence electrons. The van der Waals surface area contributed by atoms with Gasteiger partial charge in [-0.2, -0.15) is 0 Å². The Hall–Kier alpha value is -3.08. The van der Waals surface area contributed by atoms with E-state index in [1.54, 1.807) is 30.3 Å². The van der Waals surface area contributed by atoms with E-state index in [1.165, 1.54) is 6.92 Å². The molecule has 0 bridgehead atoms. The zero-order valence-corrected chi connectivity index (χ0v) is 13.8. The molecular weight excluding hydrogens is 304 g/mol. The third kappa shape index (κ3) is 3.30. The summed E-state index contributed by atoms with van der Waals surface area (Å²) in [5.41, 5.74) is 4.22. The number of anilines is 1. The van der Waals surface area contributed by atoms with Crippen molar-refractivity contribution in [2.75, 3.05) is 5.32 Å². The first-order chi connectivity index (χ1) is 11.4. The highest BCUT2D eigenvalue weighted by Crippen LogP contribution is 2.23. The number of fused-ring (bicyclic) bond motifs is 1. The van der Waals surface area contributed by atoms with Crippen molar-refractivity contribution in [1.82, 2.24) is 4.98 Å². The smallest absolute Gasteiger partial charge is 0.360 e. The first-order valence-corrected chi connectivity index (χ1v) is 7.62. The van der Waals surface area contributed by atoms with Crippen LogP contribution < -0.4 is 10.1 Å². The van der Waals surface area contributed by atoms with Crippen LogP contribution in [0.2, 0.25) is 0 Å². The van der Waals surface area contributed by atoms with E-state index in [0.717, 1.165) is 22.0 Å². The van der Waals surface area contributed by atoms with Crippen LogP contribution in [0.1, 0.15) is 28.5 Å². The van der Waals surface area contributed by atoms with E-state index in [4.69, 9.17) is 4.74 Å². The molecule has 5 heteroatoms. The van der Waals surface area contributed by atoms with E-state index < -0.39 is 5.97 Å². The van der Waals surface area contributed by atoms with Gasteiger partial charge in [-0.25, -0.2) is 4.79 Å². The van der Waals surface area contributed by atoms with Gasteiger partial charge in [0.25, 0.3) is 0 Å². The minimum Gasteiger partial charge on any atom is -0.422 e. The monoisotopic (exact) mass is 322 g/mol. The molecule has 0 aliphatic carbocycles. The summed E-state index contributed by atoms with van der Waals surface area (Å²) in [4.78, 5) is 26.4. The maximum absolute atomic E-state index is 12.3. The Morgan fingerprint density at radius 2 is 1.75 bits per heavy atom. The van der Waals surface area contributed by atoms with Crippen LogP contribution in [-0.4, -0.2) is 16.9 Å². The van der Waals surface area contributed by atoms with Gasteiger partial charge in [0.2, 0.25) is 5.91 Å². The third-order valence-corrected chi connectivity index (χ3v) is 3.69. The Morgan fingerprint density at radius 1 is 1.04 bits per heavy atom. The van der Waals surface area contributed by atoms with Gasteiger partial charge >= 0.3 is 5.97 Å². The number of hydrogen-bond acceptors (Lipinski definition) is 3. The summed E-state index contributed by atoms with van der Waals surface area (Å²) in [6, 6.07) is 12.5. The van der Waals surface area contributed by atoms with Crippen LogP contribution in [-0.2, 0) is 4.79 Å². The molecule has 5 nitrogen and oxygen atoms in total. The molecule has 0 aliphatic heterocycles. The maximum Gasteiger partial charge on any atom is 0.360 e. The molecule has 0 aliphatic rings. The number of hydrogen-bond donors (Lipinski definition) is 2. The first-order valence-electron chi connectivity index (χ1n) is 7.62. The van der Waals surface area contributed by atoms with Crippen molar-refractivity contribution >= 4 is 28.5 Å². The quantitative estimate of drug-likeness (QED) is 0.566. The molecule has 1 heterocycles. The topological polar surface area (TPSA) is 71.2 Å². The minimum atomic E-state index is -0.449. The van der Waals surface area contributed by atoms with E-state index in [1.807, 2.05) is 19.9 Å². The van der Waals surface area contributed by atoms with E-state index in [-0.39, 0.29) is 5.91 Å². The van der Waals surface area contributed by atoms with E-state index in [0.29, 0.717) is 17.1 Å². The number of carbonyl (C=O) groups excluding carboxylic acids is 2. The molecule has 1 amide bonds. The van der Waals surface area contributed by atoms with E-state index in [9.17, 15) is 9.59 Å². The van der Waals surface area contributed by atoms with Gasteiger partial charge in [0.15, 0.2) is 0 Å². The van der Waals surface area contributed by atoms with Crippen molar-refractivity contribution in [3.8, 4) is 5.75 Å². The molecule has 1 aromatic heterocycles. The lowest BCUT2D eigenvalue weighted by Crippen LogP contribution is -2.09. The van der Waals surface area contributed by atoms with Crippen LogP contribution in [0, 0.1) is 13.8 Å². The number of nitrogens with one attached hydrogen (secondary N) is 2. The number of benzene rings is 2. The predicted octanol–water partition coefficient (Wildman–Crippen LogP) is 3.96. The molecule has 0 spiro atoms. The number of H-pyrrole nitrogens is 1. The molecule has 0 unspecified atom stereocenters. The molecule has 2 N–H and O–H groups in total. The fraction of sp³-hybridized carbons (Fsp3) is 0.158. The highest BCUT2D eigenvalue weighted by Gasteiger charge is 2.13. The molecule has 3 rings (SSSR count). The Balaban J connectivity index is 1.79. The Morgan fingerprint density at radius 3 is 2.42 bits per heavy atom. The fourth-order valence-electron chi connectivity index (χ4n) is 2.68. The lowest BCUT2D eigenvalue weighted by atomic mass is 10.1. The van der Waals surface area contributed by atoms with Crippen LogP contribution in [0.4, 0.5) is 5.69 Å². The van der Waals surface area contributed by atoms with Crippen LogP contribution in [0.5, 0.6) is 5.75 Å². The van der Waals surface area contributed by atoms with Gasteiger partial charge in [-0.15, -0.1) is 0 Å². The Labute approximate surface area is 139 Å². The number of carbonyl (C=O) groups is 2. The normalized spacial score (nSPS) is 10.6. The molecule has 3 aromatic rings. The van der Waals surface area contributed by atoms with Crippen LogP contribution in [0.25, 0.3) is 10.9 Å². The van der Waals surface area contributed by atoms with Crippen LogP contribution >= 0.6 is 0 Å². The highest BCUT2D eigenvalue weighted by atomic mass is 16.5. The summed E-state index contributed by atoms with van der Waals surface area (Å²) in [5, 5.41) is 3.67. The van der Waals surface area contributed by atoms with Gasteiger partial charge in [-0.1, -0.05) is 6.07 Å². The van der Waals surface area contributed by atoms with Gasteiger partial charge < -0.3 is 15.0 Å². The SMILES string of the molecule is CC(=O)Nc1ccc(OC(=O)c2cc3c(C)cc(C)cc3[nH]2)cc1. The zero-order valence-electron chi connectivity index (χ0n) is 13.8. The van der Waals surface area contributed by atoms with Crippen molar-refractivity contribution in [2.24, 2.45) is 0 Å². The van der Waals surface area contributed by atoms with Gasteiger partial charge in [0.05, 0.1) is 0 Å². The number of aromatic amines is 1. The molecule has 0 saturated heterocycles. The molecular formula is C19H18N2O3. The summed E-state index contributed by atoms with van der Waals surface area (Å²) in [5.74, 6) is -0.181. The molecule has 0 atom stereocenters. The summed E-state index contributed by atoms with van der Waals surface area (Å²) in [7, 11) is 0. The summed E-state index contributed by atoms with van der Waals surface area (Å²) in [6.07, 6.45) is 0. The summed E-state index contributed by atoms with van der Waals surface area (Å²) < 4.78 is 5.38. The van der Waals surface area contributed by atoms with Crippen LogP contribution in [0.3, 0.4) is 0 Å². The molecule has 0 saturated carbocycles. The second-order valence-electron chi connectivity index (χ2n) is 5.82. The Bertz CT molecular complexity index is 924. The van der Waals surface area contributed by atoms with Gasteiger partial charge in [0, 0.05) is 23.5 Å². The summed E-state index contributed by atoms with van der Waals surface area (Å²) >= 11 is 0. The average molecular weight is 322 g/mol. The molecule has 2 aromatic carbocycles. The third-order valence-electron chi connectivity index (χ3n) is 3.69. The number of amides is 1. The van der Waals surface area contributed by atoms with Crippen molar-refractivity contribution in [1.29, 1.82) is 0 Å². The molecule has 0 fully saturated rings. The van der Waals surface area contributed by atoms with Crippen molar-refractivity contribution in [2.45, 2.75) is 20.8 Å². The largest absolute Gasteiger partial charge is 0.422 e. The fourth-order valence-corrected chi connectivity index (χ4v) is 2.68. The predicted molar refractivity (Wildman–Crippen MR) is 93.5 cm³/mol.